The Morgan fingerprint density at radius 1 is 1.12 bits per heavy atom. The predicted molar refractivity (Wildman–Crippen MR) is 89.0 cm³/mol. The van der Waals surface area contributed by atoms with Crippen LogP contribution >= 0.6 is 0 Å². The molecule has 3 aromatic rings. The zero-order chi connectivity index (χ0) is 17.1. The molecule has 3 aromatic heterocycles. The Morgan fingerprint density at radius 2 is 1.92 bits per heavy atom. The Morgan fingerprint density at radius 3 is 2.60 bits per heavy atom. The zero-order valence-corrected chi connectivity index (χ0v) is 17.2. The molecule has 3 rings (SSSR count). The largest absolute Gasteiger partial charge is 1.00 e. The summed E-state index contributed by atoms with van der Waals surface area (Å²) in [5.74, 6) is 1.58. The van der Waals surface area contributed by atoms with Crippen molar-refractivity contribution >= 4 is 22.0 Å². The van der Waals surface area contributed by atoms with Gasteiger partial charge in [0.25, 0.3) is 0 Å². The number of aromatic nitrogens is 4. The van der Waals surface area contributed by atoms with Gasteiger partial charge < -0.3 is 20.6 Å². The molecule has 10 heteroatoms. The molecule has 0 spiro atoms. The number of nitrogens with one attached hydrogen (secondary N) is 1. The van der Waals surface area contributed by atoms with Gasteiger partial charge in [-0.2, -0.15) is 4.98 Å². The van der Waals surface area contributed by atoms with Gasteiger partial charge in [-0.25, -0.2) is 4.98 Å². The van der Waals surface area contributed by atoms with E-state index in [9.17, 15) is 4.21 Å². The molecule has 0 amide bonds. The van der Waals surface area contributed by atoms with E-state index in [4.69, 9.17) is 14.2 Å². The number of hydrogen-bond acceptors (Lipinski definition) is 7. The van der Waals surface area contributed by atoms with Gasteiger partial charge in [0.1, 0.15) is 0 Å². The van der Waals surface area contributed by atoms with Gasteiger partial charge in [0.15, 0.2) is 22.3 Å². The van der Waals surface area contributed by atoms with Crippen molar-refractivity contribution in [2.75, 3.05) is 21.3 Å². The molecule has 8 nitrogen and oxygen atoms in total. The summed E-state index contributed by atoms with van der Waals surface area (Å²) < 4.78 is 28.2. The van der Waals surface area contributed by atoms with Crippen LogP contribution in [0.2, 0.25) is 0 Å². The maximum Gasteiger partial charge on any atom is 1.00 e. The molecule has 0 saturated heterocycles. The molecule has 3 heterocycles. The number of pyridine rings is 2. The van der Waals surface area contributed by atoms with Gasteiger partial charge in [-0.05, 0) is 6.07 Å². The molecule has 0 aliphatic carbocycles. The van der Waals surface area contributed by atoms with Crippen LogP contribution < -0.4 is 43.8 Å². The van der Waals surface area contributed by atoms with E-state index >= 15 is 0 Å². The van der Waals surface area contributed by atoms with Crippen molar-refractivity contribution in [3.63, 3.8) is 0 Å². The Hall–Kier alpha value is -1.68. The number of hydrogen-bond donors (Lipinski definition) is 1. The number of H-pyrrole nitrogens is 1. The van der Waals surface area contributed by atoms with Gasteiger partial charge in [-0.15, -0.1) is 0 Å². The van der Waals surface area contributed by atoms with Crippen LogP contribution in [0.5, 0.6) is 17.4 Å². The summed E-state index contributed by atoms with van der Waals surface area (Å²) in [7, 11) is 3.14. The second kappa shape index (κ2) is 8.61. The fourth-order valence-electron chi connectivity index (χ4n) is 2.22. The van der Waals surface area contributed by atoms with Crippen LogP contribution in [0.4, 0.5) is 0 Å². The molecule has 128 valence electrons. The SMILES string of the molecule is COc1ccc2[nH]c(S(=O)Cc3nccc(OC)c3OC)nc2n1.[H-].[Na+]. The van der Waals surface area contributed by atoms with Crippen LogP contribution in [-0.4, -0.2) is 45.5 Å². The number of imidazole rings is 1. The fourth-order valence-corrected chi connectivity index (χ4v) is 3.22. The van der Waals surface area contributed by atoms with Crippen LogP contribution in [0, 0.1) is 0 Å². The minimum absolute atomic E-state index is 0. The molecule has 0 fully saturated rings. The van der Waals surface area contributed by atoms with Crippen molar-refractivity contribution < 1.29 is 49.4 Å². The van der Waals surface area contributed by atoms with Crippen molar-refractivity contribution in [2.45, 2.75) is 10.9 Å². The van der Waals surface area contributed by atoms with E-state index in [2.05, 4.69) is 19.9 Å². The fraction of sp³-hybridized carbons (Fsp3) is 0.267. The maximum absolute atomic E-state index is 12.6. The third kappa shape index (κ3) is 4.12. The maximum atomic E-state index is 12.6. The predicted octanol–water partition coefficient (Wildman–Crippen LogP) is -1.20. The quantitative estimate of drug-likeness (QED) is 0.543. The summed E-state index contributed by atoms with van der Waals surface area (Å²) in [6, 6.07) is 5.17. The van der Waals surface area contributed by atoms with Gasteiger partial charge in [-0.1, -0.05) is 0 Å². The molecular formula is C15H17N4NaO4S. The third-order valence-electron chi connectivity index (χ3n) is 3.36. The Balaban J connectivity index is 0.00000169. The van der Waals surface area contributed by atoms with Gasteiger partial charge in [0.2, 0.25) is 5.88 Å². The van der Waals surface area contributed by atoms with Gasteiger partial charge in [-0.3, -0.25) is 9.19 Å². The standard InChI is InChI=1S/C15H16N4O4S.Na.H/c1-21-11-6-7-16-10(13(11)23-3)8-24(20)15-17-9-4-5-12(22-2)18-14(9)19-15;;/h4-7H,8H2,1-3H3,(H,17,18,19);;/q;+1;-1. The number of rotatable bonds is 6. The first-order valence-corrected chi connectivity index (χ1v) is 8.33. The van der Waals surface area contributed by atoms with Crippen molar-refractivity contribution in [1.82, 2.24) is 19.9 Å². The molecule has 1 atom stereocenters. The van der Waals surface area contributed by atoms with E-state index in [1.165, 1.54) is 21.3 Å². The normalized spacial score (nSPS) is 11.6. The molecule has 0 aliphatic rings. The summed E-state index contributed by atoms with van der Waals surface area (Å²) in [5, 5.41) is 0.317. The van der Waals surface area contributed by atoms with Crippen LogP contribution in [0.15, 0.2) is 29.6 Å². The summed E-state index contributed by atoms with van der Waals surface area (Å²) in [6.07, 6.45) is 1.58. The molecule has 0 aromatic carbocycles. The van der Waals surface area contributed by atoms with Crippen LogP contribution in [0.1, 0.15) is 7.12 Å². The smallest absolute Gasteiger partial charge is 1.00 e. The Kier molecular flexibility index (Phi) is 6.77. The molecule has 1 unspecified atom stereocenters. The van der Waals surface area contributed by atoms with Crippen LogP contribution in [0.3, 0.4) is 0 Å². The van der Waals surface area contributed by atoms with Crippen molar-refractivity contribution in [3.8, 4) is 17.4 Å². The van der Waals surface area contributed by atoms with Crippen molar-refractivity contribution in [1.29, 1.82) is 0 Å². The van der Waals surface area contributed by atoms with Crippen LogP contribution in [0.25, 0.3) is 11.2 Å². The average Bonchev–Trinajstić information content (AvgIpc) is 3.04. The van der Waals surface area contributed by atoms with Gasteiger partial charge >= 0.3 is 29.6 Å². The number of fused-ring (bicyclic) bond motifs is 1. The van der Waals surface area contributed by atoms with E-state index in [0.717, 1.165) is 0 Å². The van der Waals surface area contributed by atoms with E-state index in [-0.39, 0.29) is 36.7 Å². The van der Waals surface area contributed by atoms with Crippen molar-refractivity contribution in [3.05, 3.63) is 30.1 Å². The third-order valence-corrected chi connectivity index (χ3v) is 4.52. The van der Waals surface area contributed by atoms with E-state index < -0.39 is 10.8 Å². The first-order chi connectivity index (χ1) is 11.7. The second-order valence-electron chi connectivity index (χ2n) is 4.75. The molecule has 0 radical (unpaired) electrons. The molecule has 1 N–H and O–H groups in total. The number of nitrogens with zero attached hydrogens (tertiary/aromatic N) is 3. The van der Waals surface area contributed by atoms with Gasteiger partial charge in [0.05, 0.1) is 49.1 Å². The Labute approximate surface area is 170 Å². The molecule has 0 bridgehead atoms. The van der Waals surface area contributed by atoms with Crippen LogP contribution in [-0.2, 0) is 16.6 Å². The molecular weight excluding hydrogens is 355 g/mol. The first-order valence-electron chi connectivity index (χ1n) is 7.01. The Bertz CT molecular complexity index is 908. The van der Waals surface area contributed by atoms with E-state index in [0.29, 0.717) is 39.4 Å². The zero-order valence-electron chi connectivity index (χ0n) is 15.4. The minimum Gasteiger partial charge on any atom is -1.00 e. The summed E-state index contributed by atoms with van der Waals surface area (Å²) in [6.45, 7) is 0. The topological polar surface area (TPSA) is 99.2 Å². The van der Waals surface area contributed by atoms with Crippen molar-refractivity contribution in [2.24, 2.45) is 0 Å². The average molecular weight is 372 g/mol. The number of methoxy groups -OCH3 is 3. The van der Waals surface area contributed by atoms with E-state index in [1.54, 1.807) is 24.4 Å². The monoisotopic (exact) mass is 372 g/mol. The summed E-state index contributed by atoms with van der Waals surface area (Å²) in [4.78, 5) is 15.7. The van der Waals surface area contributed by atoms with Gasteiger partial charge in [0, 0.05) is 18.3 Å². The van der Waals surface area contributed by atoms with E-state index in [1.807, 2.05) is 0 Å². The summed E-state index contributed by atoms with van der Waals surface area (Å²) in [5.41, 5.74) is 1.66. The first kappa shape index (κ1) is 19.6. The summed E-state index contributed by atoms with van der Waals surface area (Å²) >= 11 is 0. The number of ether oxygens (including phenoxy) is 3. The molecule has 0 saturated carbocycles. The molecule has 25 heavy (non-hydrogen) atoms. The molecule has 0 aliphatic heterocycles. The number of aromatic amines is 1. The second-order valence-corrected chi connectivity index (χ2v) is 6.12. The minimum atomic E-state index is -1.44.